The molecule has 3 heteroatoms. The lowest BCUT2D eigenvalue weighted by Crippen LogP contribution is -2.40. The zero-order valence-electron chi connectivity index (χ0n) is 15.3. The van der Waals surface area contributed by atoms with Crippen LogP contribution in [-0.2, 0) is 4.74 Å². The van der Waals surface area contributed by atoms with Gasteiger partial charge in [-0.05, 0) is 63.1 Å². The SMILES string of the molecule is CC(C)Oc1ccc(C(NC2CCOCC2)C2CCCCC2)cc1. The molecular formula is C21H33NO2. The Labute approximate surface area is 147 Å². The Hall–Kier alpha value is -1.06. The highest BCUT2D eigenvalue weighted by Gasteiger charge is 2.28. The van der Waals surface area contributed by atoms with E-state index < -0.39 is 0 Å². The van der Waals surface area contributed by atoms with E-state index in [0.29, 0.717) is 12.1 Å². The number of benzene rings is 1. The molecule has 134 valence electrons. The molecule has 1 saturated heterocycles. The van der Waals surface area contributed by atoms with Crippen molar-refractivity contribution in [1.29, 1.82) is 0 Å². The molecule has 0 bridgehead atoms. The van der Waals surface area contributed by atoms with E-state index in [1.165, 1.54) is 37.7 Å². The monoisotopic (exact) mass is 331 g/mol. The number of rotatable bonds is 6. The highest BCUT2D eigenvalue weighted by molar-refractivity contribution is 5.30. The van der Waals surface area contributed by atoms with Gasteiger partial charge >= 0.3 is 0 Å². The van der Waals surface area contributed by atoms with Gasteiger partial charge in [0.15, 0.2) is 0 Å². The number of hydrogen-bond donors (Lipinski definition) is 1. The fourth-order valence-electron chi connectivity index (χ4n) is 4.12. The Morgan fingerprint density at radius 3 is 2.25 bits per heavy atom. The standard InChI is InChI=1S/C21H33NO2/c1-16(2)24-20-10-8-18(9-11-20)21(17-6-4-3-5-7-17)22-19-12-14-23-15-13-19/h8-11,16-17,19,21-22H,3-7,12-15H2,1-2H3. The first-order valence-electron chi connectivity index (χ1n) is 9.83. The number of hydrogen-bond acceptors (Lipinski definition) is 3. The first-order chi connectivity index (χ1) is 11.7. The summed E-state index contributed by atoms with van der Waals surface area (Å²) in [7, 11) is 0. The fourth-order valence-corrected chi connectivity index (χ4v) is 4.12. The van der Waals surface area contributed by atoms with Gasteiger partial charge in [0.05, 0.1) is 6.10 Å². The van der Waals surface area contributed by atoms with Crippen LogP contribution in [0.3, 0.4) is 0 Å². The van der Waals surface area contributed by atoms with Gasteiger partial charge in [0.2, 0.25) is 0 Å². The molecule has 1 aliphatic carbocycles. The van der Waals surface area contributed by atoms with E-state index in [1.807, 2.05) is 0 Å². The minimum absolute atomic E-state index is 0.227. The zero-order valence-corrected chi connectivity index (χ0v) is 15.3. The zero-order chi connectivity index (χ0) is 16.8. The van der Waals surface area contributed by atoms with Gasteiger partial charge in [0.25, 0.3) is 0 Å². The Kier molecular flexibility index (Phi) is 6.56. The number of nitrogens with one attached hydrogen (secondary N) is 1. The van der Waals surface area contributed by atoms with Crippen molar-refractivity contribution in [1.82, 2.24) is 5.32 Å². The summed E-state index contributed by atoms with van der Waals surface area (Å²) >= 11 is 0. The molecule has 0 spiro atoms. The molecule has 0 radical (unpaired) electrons. The molecule has 1 heterocycles. The van der Waals surface area contributed by atoms with E-state index in [-0.39, 0.29) is 6.10 Å². The van der Waals surface area contributed by atoms with E-state index in [2.05, 4.69) is 43.4 Å². The van der Waals surface area contributed by atoms with E-state index in [4.69, 9.17) is 9.47 Å². The first kappa shape index (κ1) is 17.8. The molecule has 3 nitrogen and oxygen atoms in total. The summed E-state index contributed by atoms with van der Waals surface area (Å²) < 4.78 is 11.3. The van der Waals surface area contributed by atoms with Crippen molar-refractivity contribution < 1.29 is 9.47 Å². The van der Waals surface area contributed by atoms with Gasteiger partial charge in [0, 0.05) is 25.3 Å². The average molecular weight is 332 g/mol. The topological polar surface area (TPSA) is 30.5 Å². The van der Waals surface area contributed by atoms with Crippen LogP contribution in [0.2, 0.25) is 0 Å². The summed E-state index contributed by atoms with van der Waals surface area (Å²) in [5, 5.41) is 3.98. The summed E-state index contributed by atoms with van der Waals surface area (Å²) in [6.07, 6.45) is 9.37. The van der Waals surface area contributed by atoms with Crippen molar-refractivity contribution in [2.45, 2.75) is 77.0 Å². The third kappa shape index (κ3) is 4.97. The molecule has 2 fully saturated rings. The molecule has 3 rings (SSSR count). The molecular weight excluding hydrogens is 298 g/mol. The highest BCUT2D eigenvalue weighted by Crippen LogP contribution is 2.36. The van der Waals surface area contributed by atoms with Crippen LogP contribution in [0, 0.1) is 5.92 Å². The first-order valence-corrected chi connectivity index (χ1v) is 9.83. The lowest BCUT2D eigenvalue weighted by Gasteiger charge is -2.35. The van der Waals surface area contributed by atoms with Gasteiger partial charge in [-0.15, -0.1) is 0 Å². The molecule has 0 amide bonds. The van der Waals surface area contributed by atoms with Gasteiger partial charge in [0.1, 0.15) is 5.75 Å². The third-order valence-electron chi connectivity index (χ3n) is 5.37. The Morgan fingerprint density at radius 1 is 0.958 bits per heavy atom. The molecule has 1 N–H and O–H groups in total. The second kappa shape index (κ2) is 8.87. The normalized spacial score (nSPS) is 21.8. The summed E-state index contributed by atoms with van der Waals surface area (Å²) in [4.78, 5) is 0. The van der Waals surface area contributed by atoms with Crippen LogP contribution in [0.15, 0.2) is 24.3 Å². The minimum Gasteiger partial charge on any atom is -0.491 e. The van der Waals surface area contributed by atoms with Crippen molar-refractivity contribution in [2.75, 3.05) is 13.2 Å². The summed E-state index contributed by atoms with van der Waals surface area (Å²) in [5.41, 5.74) is 1.42. The van der Waals surface area contributed by atoms with Gasteiger partial charge in [-0.1, -0.05) is 31.4 Å². The Morgan fingerprint density at radius 2 is 1.62 bits per heavy atom. The van der Waals surface area contributed by atoms with Crippen LogP contribution in [-0.4, -0.2) is 25.4 Å². The highest BCUT2D eigenvalue weighted by atomic mass is 16.5. The van der Waals surface area contributed by atoms with E-state index >= 15 is 0 Å². The van der Waals surface area contributed by atoms with E-state index in [9.17, 15) is 0 Å². The van der Waals surface area contributed by atoms with Gasteiger partial charge < -0.3 is 14.8 Å². The van der Waals surface area contributed by atoms with Crippen molar-refractivity contribution in [3.05, 3.63) is 29.8 Å². The summed E-state index contributed by atoms with van der Waals surface area (Å²) in [6.45, 7) is 5.95. The molecule has 2 aliphatic rings. The quantitative estimate of drug-likeness (QED) is 0.807. The molecule has 1 aliphatic heterocycles. The Balaban J connectivity index is 1.72. The summed E-state index contributed by atoms with van der Waals surface area (Å²) in [5.74, 6) is 1.74. The molecule has 1 atom stereocenters. The largest absolute Gasteiger partial charge is 0.491 e. The van der Waals surface area contributed by atoms with Crippen molar-refractivity contribution in [3.63, 3.8) is 0 Å². The third-order valence-corrected chi connectivity index (χ3v) is 5.37. The lowest BCUT2D eigenvalue weighted by atomic mass is 9.80. The van der Waals surface area contributed by atoms with Crippen LogP contribution < -0.4 is 10.1 Å². The van der Waals surface area contributed by atoms with Crippen LogP contribution in [0.4, 0.5) is 0 Å². The predicted molar refractivity (Wildman–Crippen MR) is 98.5 cm³/mol. The van der Waals surface area contributed by atoms with Crippen molar-refractivity contribution in [2.24, 2.45) is 5.92 Å². The maximum Gasteiger partial charge on any atom is 0.119 e. The van der Waals surface area contributed by atoms with Crippen molar-refractivity contribution in [3.8, 4) is 5.75 Å². The Bertz CT molecular complexity index is 473. The van der Waals surface area contributed by atoms with E-state index in [1.54, 1.807) is 0 Å². The summed E-state index contributed by atoms with van der Waals surface area (Å²) in [6, 6.07) is 9.87. The molecule has 1 aromatic rings. The van der Waals surface area contributed by atoms with Crippen LogP contribution >= 0.6 is 0 Å². The molecule has 24 heavy (non-hydrogen) atoms. The maximum atomic E-state index is 5.81. The second-order valence-corrected chi connectivity index (χ2v) is 7.66. The maximum absolute atomic E-state index is 5.81. The van der Waals surface area contributed by atoms with Gasteiger partial charge in [-0.25, -0.2) is 0 Å². The predicted octanol–water partition coefficient (Wildman–Crippen LogP) is 4.86. The number of ether oxygens (including phenoxy) is 2. The van der Waals surface area contributed by atoms with Gasteiger partial charge in [-0.2, -0.15) is 0 Å². The lowest BCUT2D eigenvalue weighted by molar-refractivity contribution is 0.0706. The molecule has 1 unspecified atom stereocenters. The van der Waals surface area contributed by atoms with Gasteiger partial charge in [-0.3, -0.25) is 0 Å². The molecule has 1 saturated carbocycles. The second-order valence-electron chi connectivity index (χ2n) is 7.66. The van der Waals surface area contributed by atoms with Crippen molar-refractivity contribution >= 4 is 0 Å². The fraction of sp³-hybridized carbons (Fsp3) is 0.714. The smallest absolute Gasteiger partial charge is 0.119 e. The minimum atomic E-state index is 0.227. The molecule has 0 aromatic heterocycles. The van der Waals surface area contributed by atoms with E-state index in [0.717, 1.165) is 37.7 Å². The van der Waals surface area contributed by atoms with Crippen LogP contribution in [0.5, 0.6) is 5.75 Å². The average Bonchev–Trinajstić information content (AvgIpc) is 2.62. The van der Waals surface area contributed by atoms with Crippen LogP contribution in [0.1, 0.15) is 70.4 Å². The molecule has 1 aromatic carbocycles. The van der Waals surface area contributed by atoms with Crippen LogP contribution in [0.25, 0.3) is 0 Å².